The number of nitrogens with one attached hydrogen (secondary N) is 1. The van der Waals surface area contributed by atoms with Crippen LogP contribution in [0.1, 0.15) is 36.2 Å². The SMILES string of the molecule is O=C(c1cscn1)C1CC2CCC(C1)N2. The lowest BCUT2D eigenvalue weighted by atomic mass is 9.88. The second-order valence-corrected chi connectivity index (χ2v) is 5.26. The van der Waals surface area contributed by atoms with Gasteiger partial charge >= 0.3 is 0 Å². The number of carbonyl (C=O) groups is 1. The number of carbonyl (C=O) groups excluding carboxylic acids is 1. The predicted octanol–water partition coefficient (Wildman–Crippen LogP) is 1.86. The number of nitrogens with zero attached hydrogens (tertiary/aromatic N) is 1. The Labute approximate surface area is 92.9 Å². The molecular formula is C11H14N2OS. The van der Waals surface area contributed by atoms with Crippen LogP contribution in [0.15, 0.2) is 10.9 Å². The summed E-state index contributed by atoms with van der Waals surface area (Å²) in [5.41, 5.74) is 2.41. The number of Topliss-reactive ketones (excluding diaryl/α,β-unsaturated/α-hetero) is 1. The van der Waals surface area contributed by atoms with Gasteiger partial charge in [0.25, 0.3) is 0 Å². The quantitative estimate of drug-likeness (QED) is 0.777. The van der Waals surface area contributed by atoms with Crippen LogP contribution in [0.5, 0.6) is 0 Å². The van der Waals surface area contributed by atoms with Gasteiger partial charge in [0.05, 0.1) is 5.51 Å². The molecule has 0 saturated carbocycles. The minimum atomic E-state index is 0.214. The molecule has 0 aromatic carbocycles. The first-order valence-electron chi connectivity index (χ1n) is 5.51. The number of hydrogen-bond acceptors (Lipinski definition) is 4. The van der Waals surface area contributed by atoms with Crippen LogP contribution in [0.4, 0.5) is 0 Å². The van der Waals surface area contributed by atoms with E-state index in [9.17, 15) is 4.79 Å². The Hall–Kier alpha value is -0.740. The number of thiazole rings is 1. The van der Waals surface area contributed by atoms with E-state index >= 15 is 0 Å². The first-order valence-corrected chi connectivity index (χ1v) is 6.45. The van der Waals surface area contributed by atoms with Gasteiger partial charge in [-0.15, -0.1) is 11.3 Å². The van der Waals surface area contributed by atoms with Crippen LogP contribution in [-0.4, -0.2) is 22.9 Å². The summed E-state index contributed by atoms with van der Waals surface area (Å²) >= 11 is 1.50. The zero-order valence-electron chi connectivity index (χ0n) is 8.48. The largest absolute Gasteiger partial charge is 0.311 e. The molecule has 2 atom stereocenters. The average Bonchev–Trinajstić information content (AvgIpc) is 2.87. The number of aromatic nitrogens is 1. The molecule has 0 amide bonds. The Bertz CT molecular complexity index is 351. The molecule has 1 N–H and O–H groups in total. The molecule has 4 heteroatoms. The second-order valence-electron chi connectivity index (χ2n) is 4.54. The first kappa shape index (κ1) is 9.48. The Morgan fingerprint density at radius 2 is 2.13 bits per heavy atom. The van der Waals surface area contributed by atoms with E-state index < -0.39 is 0 Å². The van der Waals surface area contributed by atoms with Gasteiger partial charge in [-0.2, -0.15) is 0 Å². The molecule has 2 fully saturated rings. The monoisotopic (exact) mass is 222 g/mol. The second kappa shape index (κ2) is 3.68. The highest BCUT2D eigenvalue weighted by Crippen LogP contribution is 2.32. The molecule has 3 nitrogen and oxygen atoms in total. The van der Waals surface area contributed by atoms with E-state index in [-0.39, 0.29) is 11.7 Å². The third-order valence-corrected chi connectivity index (χ3v) is 4.12. The van der Waals surface area contributed by atoms with Crippen LogP contribution in [-0.2, 0) is 0 Å². The van der Waals surface area contributed by atoms with Crippen molar-refractivity contribution in [1.82, 2.24) is 10.3 Å². The van der Waals surface area contributed by atoms with Crippen molar-refractivity contribution < 1.29 is 4.79 Å². The van der Waals surface area contributed by atoms with E-state index in [0.717, 1.165) is 12.8 Å². The molecule has 0 aliphatic carbocycles. The van der Waals surface area contributed by atoms with E-state index in [0.29, 0.717) is 17.8 Å². The summed E-state index contributed by atoms with van der Waals surface area (Å²) in [6, 6.07) is 1.16. The Balaban J connectivity index is 1.75. The zero-order chi connectivity index (χ0) is 10.3. The fraction of sp³-hybridized carbons (Fsp3) is 0.636. The molecule has 3 rings (SSSR count). The topological polar surface area (TPSA) is 42.0 Å². The van der Waals surface area contributed by atoms with Crippen LogP contribution >= 0.6 is 11.3 Å². The van der Waals surface area contributed by atoms with Crippen molar-refractivity contribution in [2.75, 3.05) is 0 Å². The maximum absolute atomic E-state index is 12.1. The molecule has 0 spiro atoms. The summed E-state index contributed by atoms with van der Waals surface area (Å²) in [4.78, 5) is 16.2. The number of ketones is 1. The lowest BCUT2D eigenvalue weighted by Gasteiger charge is -2.27. The van der Waals surface area contributed by atoms with Gasteiger partial charge in [-0.3, -0.25) is 4.79 Å². The maximum Gasteiger partial charge on any atom is 0.185 e. The Morgan fingerprint density at radius 1 is 1.40 bits per heavy atom. The smallest absolute Gasteiger partial charge is 0.185 e. The van der Waals surface area contributed by atoms with Crippen LogP contribution < -0.4 is 5.32 Å². The number of hydrogen-bond donors (Lipinski definition) is 1. The summed E-state index contributed by atoms with van der Waals surface area (Å²) in [7, 11) is 0. The van der Waals surface area contributed by atoms with Gasteiger partial charge in [-0.05, 0) is 25.7 Å². The lowest BCUT2D eigenvalue weighted by Crippen LogP contribution is -2.40. The predicted molar refractivity (Wildman–Crippen MR) is 59.1 cm³/mol. The molecule has 2 aliphatic rings. The van der Waals surface area contributed by atoms with Crippen molar-refractivity contribution in [2.24, 2.45) is 5.92 Å². The van der Waals surface area contributed by atoms with Gasteiger partial charge in [0.2, 0.25) is 0 Å². The van der Waals surface area contributed by atoms with Crippen molar-refractivity contribution >= 4 is 17.1 Å². The third kappa shape index (κ3) is 1.72. The highest BCUT2D eigenvalue weighted by Gasteiger charge is 2.37. The molecular weight excluding hydrogens is 208 g/mol. The first-order chi connectivity index (χ1) is 7.33. The van der Waals surface area contributed by atoms with Crippen molar-refractivity contribution in [1.29, 1.82) is 0 Å². The van der Waals surface area contributed by atoms with E-state index in [1.165, 1.54) is 24.2 Å². The highest BCUT2D eigenvalue weighted by atomic mass is 32.1. The number of fused-ring (bicyclic) bond motifs is 2. The maximum atomic E-state index is 12.1. The fourth-order valence-corrected chi connectivity index (χ4v) is 3.36. The van der Waals surface area contributed by atoms with Crippen molar-refractivity contribution in [2.45, 2.75) is 37.8 Å². The van der Waals surface area contributed by atoms with Crippen LogP contribution in [0, 0.1) is 5.92 Å². The number of piperidine rings is 1. The van der Waals surface area contributed by atoms with E-state index in [1.54, 1.807) is 5.51 Å². The molecule has 2 saturated heterocycles. The summed E-state index contributed by atoms with van der Waals surface area (Å²) < 4.78 is 0. The van der Waals surface area contributed by atoms with Gasteiger partial charge in [-0.25, -0.2) is 4.98 Å². The van der Waals surface area contributed by atoms with Crippen molar-refractivity contribution in [3.63, 3.8) is 0 Å². The number of rotatable bonds is 2. The molecule has 15 heavy (non-hydrogen) atoms. The lowest BCUT2D eigenvalue weighted by molar-refractivity contribution is 0.0871. The zero-order valence-corrected chi connectivity index (χ0v) is 9.30. The van der Waals surface area contributed by atoms with Gasteiger partial charge in [0.1, 0.15) is 5.69 Å². The normalized spacial score (nSPS) is 34.3. The third-order valence-electron chi connectivity index (χ3n) is 3.53. The molecule has 2 aliphatic heterocycles. The minimum Gasteiger partial charge on any atom is -0.311 e. The van der Waals surface area contributed by atoms with E-state index in [2.05, 4.69) is 10.3 Å². The molecule has 3 heterocycles. The van der Waals surface area contributed by atoms with Crippen molar-refractivity contribution in [3.05, 3.63) is 16.6 Å². The molecule has 0 radical (unpaired) electrons. The van der Waals surface area contributed by atoms with Crippen LogP contribution in [0.25, 0.3) is 0 Å². The molecule has 2 bridgehead atoms. The van der Waals surface area contributed by atoms with Crippen LogP contribution in [0.3, 0.4) is 0 Å². The molecule has 1 aromatic rings. The highest BCUT2D eigenvalue weighted by molar-refractivity contribution is 7.07. The van der Waals surface area contributed by atoms with E-state index in [1.807, 2.05) is 5.38 Å². The molecule has 1 aromatic heterocycles. The summed E-state index contributed by atoms with van der Waals surface area (Å²) in [6.07, 6.45) is 4.50. The Morgan fingerprint density at radius 3 is 2.73 bits per heavy atom. The minimum absolute atomic E-state index is 0.214. The van der Waals surface area contributed by atoms with Gasteiger partial charge in [-0.1, -0.05) is 0 Å². The standard InChI is InChI=1S/C11H14N2OS/c14-11(10-5-15-6-12-10)7-3-8-1-2-9(4-7)13-8/h5-9,13H,1-4H2. The summed E-state index contributed by atoms with van der Waals surface area (Å²) in [6.45, 7) is 0. The van der Waals surface area contributed by atoms with Gasteiger partial charge in [0.15, 0.2) is 5.78 Å². The summed E-state index contributed by atoms with van der Waals surface area (Å²) in [5.74, 6) is 0.473. The molecule has 80 valence electrons. The van der Waals surface area contributed by atoms with Crippen LogP contribution in [0.2, 0.25) is 0 Å². The van der Waals surface area contributed by atoms with Gasteiger partial charge in [0, 0.05) is 23.4 Å². The van der Waals surface area contributed by atoms with Gasteiger partial charge < -0.3 is 5.32 Å². The van der Waals surface area contributed by atoms with E-state index in [4.69, 9.17) is 0 Å². The average molecular weight is 222 g/mol. The molecule has 2 unspecified atom stereocenters. The van der Waals surface area contributed by atoms with Crippen molar-refractivity contribution in [3.8, 4) is 0 Å². The Kier molecular flexibility index (Phi) is 2.33. The fourth-order valence-electron chi connectivity index (χ4n) is 2.81. The summed E-state index contributed by atoms with van der Waals surface area (Å²) in [5, 5.41) is 5.42.